The molecule has 3 rings (SSSR count). The Labute approximate surface area is 126 Å². The summed E-state index contributed by atoms with van der Waals surface area (Å²) in [5.41, 5.74) is 2.60. The van der Waals surface area contributed by atoms with Crippen molar-refractivity contribution in [3.63, 3.8) is 0 Å². The number of nitrogens with zero attached hydrogens (tertiary/aromatic N) is 3. The molecule has 1 aliphatic heterocycles. The van der Waals surface area contributed by atoms with Gasteiger partial charge in [-0.1, -0.05) is 24.3 Å². The van der Waals surface area contributed by atoms with Crippen LogP contribution in [-0.4, -0.2) is 27.1 Å². The van der Waals surface area contributed by atoms with Crippen LogP contribution in [0.3, 0.4) is 0 Å². The van der Waals surface area contributed by atoms with E-state index in [9.17, 15) is 4.79 Å². The minimum Gasteiger partial charge on any atom is -0.336 e. The second-order valence-corrected chi connectivity index (χ2v) is 6.01. The summed E-state index contributed by atoms with van der Waals surface area (Å²) in [4.78, 5) is 14.5. The van der Waals surface area contributed by atoms with E-state index in [1.807, 2.05) is 24.1 Å². The molecule has 1 atom stereocenters. The van der Waals surface area contributed by atoms with Gasteiger partial charge < -0.3 is 4.90 Å². The molecule has 1 aromatic carbocycles. The average Bonchev–Trinajstić information content (AvgIpc) is 2.92. The predicted octanol–water partition coefficient (Wildman–Crippen LogP) is 2.79. The van der Waals surface area contributed by atoms with Crippen LogP contribution in [0.2, 0.25) is 0 Å². The third-order valence-electron chi connectivity index (χ3n) is 3.77. The Morgan fingerprint density at radius 2 is 2.10 bits per heavy atom. The fourth-order valence-electron chi connectivity index (χ4n) is 2.59. The Balaban J connectivity index is 1.76. The van der Waals surface area contributed by atoms with Crippen molar-refractivity contribution in [1.29, 1.82) is 0 Å². The Morgan fingerprint density at radius 1 is 1.35 bits per heavy atom. The lowest BCUT2D eigenvalue weighted by Gasteiger charge is -2.30. The molecule has 0 N–H and O–H groups in total. The number of aromatic nitrogens is 2. The average molecular weight is 334 g/mol. The summed E-state index contributed by atoms with van der Waals surface area (Å²) in [5.74, 6) is 0.120. The van der Waals surface area contributed by atoms with Crippen molar-refractivity contribution in [2.45, 2.75) is 25.9 Å². The molecule has 0 saturated carbocycles. The summed E-state index contributed by atoms with van der Waals surface area (Å²) in [6.45, 7) is 3.37. The molecule has 4 nitrogen and oxygen atoms in total. The fourth-order valence-corrected chi connectivity index (χ4v) is 2.89. The fraction of sp³-hybridized carbons (Fsp3) is 0.333. The van der Waals surface area contributed by atoms with Gasteiger partial charge in [0.15, 0.2) is 0 Å². The Bertz CT molecular complexity index is 638. The maximum Gasteiger partial charge on any atom is 0.247 e. The number of amides is 1. The third kappa shape index (κ3) is 2.50. The summed E-state index contributed by atoms with van der Waals surface area (Å²) in [6, 6.07) is 8.06. The zero-order valence-electron chi connectivity index (χ0n) is 11.3. The lowest BCUT2D eigenvalue weighted by Crippen LogP contribution is -2.39. The lowest BCUT2D eigenvalue weighted by molar-refractivity contribution is -0.135. The molecule has 1 amide bonds. The first-order valence-electron chi connectivity index (χ1n) is 6.70. The topological polar surface area (TPSA) is 38.1 Å². The Hall–Kier alpha value is -1.62. The predicted molar refractivity (Wildman–Crippen MR) is 80.2 cm³/mol. The summed E-state index contributed by atoms with van der Waals surface area (Å²) in [5, 5.41) is 4.20. The third-order valence-corrected chi connectivity index (χ3v) is 4.18. The summed E-state index contributed by atoms with van der Waals surface area (Å²) < 4.78 is 2.59. The highest BCUT2D eigenvalue weighted by Gasteiger charge is 2.25. The van der Waals surface area contributed by atoms with E-state index in [0.29, 0.717) is 6.54 Å². The second kappa shape index (κ2) is 5.40. The van der Waals surface area contributed by atoms with Crippen LogP contribution < -0.4 is 0 Å². The smallest absolute Gasteiger partial charge is 0.247 e. The first-order valence-corrected chi connectivity index (χ1v) is 7.49. The van der Waals surface area contributed by atoms with E-state index in [4.69, 9.17) is 0 Å². The number of benzene rings is 1. The van der Waals surface area contributed by atoms with Crippen LogP contribution in [0.5, 0.6) is 0 Å². The summed E-state index contributed by atoms with van der Waals surface area (Å²) in [7, 11) is 0. The van der Waals surface area contributed by atoms with Gasteiger partial charge in [-0.15, -0.1) is 0 Å². The Kier molecular flexibility index (Phi) is 3.61. The van der Waals surface area contributed by atoms with Crippen molar-refractivity contribution < 1.29 is 4.79 Å². The maximum absolute atomic E-state index is 12.6. The highest BCUT2D eigenvalue weighted by atomic mass is 79.9. The number of rotatable bonds is 2. The van der Waals surface area contributed by atoms with Crippen LogP contribution in [0.15, 0.2) is 41.1 Å². The zero-order chi connectivity index (χ0) is 14.1. The molecule has 1 unspecified atom stereocenters. The Morgan fingerprint density at radius 3 is 2.80 bits per heavy atom. The second-order valence-electron chi connectivity index (χ2n) is 5.09. The molecule has 2 heterocycles. The van der Waals surface area contributed by atoms with E-state index < -0.39 is 0 Å². The highest BCUT2D eigenvalue weighted by molar-refractivity contribution is 9.10. The first kappa shape index (κ1) is 13.4. The van der Waals surface area contributed by atoms with Crippen LogP contribution in [-0.2, 0) is 17.8 Å². The standard InChI is InChI=1S/C15H16BrN3O/c1-11(19-10-14(16)8-17-19)15(20)18-7-6-12-4-2-3-5-13(12)9-18/h2-5,8,10-11H,6-7,9H2,1H3. The number of hydrogen-bond donors (Lipinski definition) is 0. The van der Waals surface area contributed by atoms with E-state index >= 15 is 0 Å². The molecule has 5 heteroatoms. The molecule has 1 aromatic heterocycles. The molecular formula is C15H16BrN3O. The van der Waals surface area contributed by atoms with Crippen LogP contribution in [0.25, 0.3) is 0 Å². The molecular weight excluding hydrogens is 318 g/mol. The number of fused-ring (bicyclic) bond motifs is 1. The molecule has 0 fully saturated rings. The number of hydrogen-bond acceptors (Lipinski definition) is 2. The van der Waals surface area contributed by atoms with Crippen molar-refractivity contribution in [2.24, 2.45) is 0 Å². The van der Waals surface area contributed by atoms with Crippen LogP contribution >= 0.6 is 15.9 Å². The first-order chi connectivity index (χ1) is 9.65. The largest absolute Gasteiger partial charge is 0.336 e. The van der Waals surface area contributed by atoms with Gasteiger partial charge in [-0.3, -0.25) is 9.48 Å². The van der Waals surface area contributed by atoms with Gasteiger partial charge >= 0.3 is 0 Å². The van der Waals surface area contributed by atoms with Gasteiger partial charge in [0, 0.05) is 19.3 Å². The van der Waals surface area contributed by atoms with Gasteiger partial charge in [0.05, 0.1) is 10.7 Å². The van der Waals surface area contributed by atoms with E-state index in [0.717, 1.165) is 17.4 Å². The molecule has 0 bridgehead atoms. The minimum atomic E-state index is -0.272. The van der Waals surface area contributed by atoms with Gasteiger partial charge in [-0.05, 0) is 40.4 Å². The van der Waals surface area contributed by atoms with Gasteiger partial charge in [0.25, 0.3) is 0 Å². The molecule has 20 heavy (non-hydrogen) atoms. The van der Waals surface area contributed by atoms with Crippen LogP contribution in [0.4, 0.5) is 0 Å². The van der Waals surface area contributed by atoms with Crippen molar-refractivity contribution >= 4 is 21.8 Å². The number of carbonyl (C=O) groups is 1. The zero-order valence-corrected chi connectivity index (χ0v) is 12.9. The summed E-state index contributed by atoms with van der Waals surface area (Å²) in [6.07, 6.45) is 4.47. The van der Waals surface area contributed by atoms with Crippen molar-refractivity contribution in [3.8, 4) is 0 Å². The van der Waals surface area contributed by atoms with E-state index in [1.165, 1.54) is 11.1 Å². The number of halogens is 1. The molecule has 0 saturated heterocycles. The van der Waals surface area contributed by atoms with Crippen LogP contribution in [0, 0.1) is 0 Å². The normalized spacial score (nSPS) is 15.8. The lowest BCUT2D eigenvalue weighted by atomic mass is 9.99. The molecule has 2 aromatic rings. The van der Waals surface area contributed by atoms with Crippen molar-refractivity contribution in [1.82, 2.24) is 14.7 Å². The van der Waals surface area contributed by atoms with Crippen molar-refractivity contribution in [3.05, 3.63) is 52.3 Å². The maximum atomic E-state index is 12.6. The molecule has 0 aliphatic carbocycles. The van der Waals surface area contributed by atoms with E-state index in [2.05, 4.69) is 39.2 Å². The van der Waals surface area contributed by atoms with Gasteiger partial charge in [-0.2, -0.15) is 5.10 Å². The minimum absolute atomic E-state index is 0.120. The van der Waals surface area contributed by atoms with Crippen molar-refractivity contribution in [2.75, 3.05) is 6.54 Å². The van der Waals surface area contributed by atoms with Gasteiger partial charge in [0.2, 0.25) is 5.91 Å². The van der Waals surface area contributed by atoms with Gasteiger partial charge in [-0.25, -0.2) is 0 Å². The molecule has 0 spiro atoms. The summed E-state index contributed by atoms with van der Waals surface area (Å²) >= 11 is 3.36. The van der Waals surface area contributed by atoms with E-state index in [-0.39, 0.29) is 11.9 Å². The molecule has 0 radical (unpaired) electrons. The number of carbonyl (C=O) groups excluding carboxylic acids is 1. The molecule has 104 valence electrons. The quantitative estimate of drug-likeness (QED) is 0.847. The monoisotopic (exact) mass is 333 g/mol. The van der Waals surface area contributed by atoms with E-state index in [1.54, 1.807) is 10.9 Å². The van der Waals surface area contributed by atoms with Gasteiger partial charge in [0.1, 0.15) is 6.04 Å². The molecule has 1 aliphatic rings. The highest BCUT2D eigenvalue weighted by Crippen LogP contribution is 2.21. The SMILES string of the molecule is CC(C(=O)N1CCc2ccccc2C1)n1cc(Br)cn1. The van der Waals surface area contributed by atoms with Crippen LogP contribution in [0.1, 0.15) is 24.1 Å².